The lowest BCUT2D eigenvalue weighted by atomic mass is 10.1. The molecule has 0 aromatic carbocycles. The van der Waals surface area contributed by atoms with E-state index in [2.05, 4.69) is 11.9 Å². The number of carbonyl (C=O) groups is 2. The molecule has 164 valence electrons. The molecule has 29 heavy (non-hydrogen) atoms. The summed E-state index contributed by atoms with van der Waals surface area (Å²) in [6, 6.07) is 0. The van der Waals surface area contributed by atoms with Crippen molar-refractivity contribution in [3.8, 4) is 0 Å². The first kappa shape index (κ1) is 24.1. The number of thioether (sulfide) groups is 1. The van der Waals surface area contributed by atoms with Crippen LogP contribution in [0.15, 0.2) is 24.2 Å². The molecule has 0 aromatic heterocycles. The van der Waals surface area contributed by atoms with Crippen LogP contribution in [0.2, 0.25) is 0 Å². The van der Waals surface area contributed by atoms with Crippen molar-refractivity contribution in [1.29, 1.82) is 0 Å². The van der Waals surface area contributed by atoms with E-state index in [1.165, 1.54) is 11.6 Å². The van der Waals surface area contributed by atoms with E-state index in [4.69, 9.17) is 13.8 Å². The molecule has 0 saturated carbocycles. The Kier molecular flexibility index (Phi) is 8.48. The zero-order valence-corrected chi connectivity index (χ0v) is 18.7. The molecule has 0 spiro atoms. The van der Waals surface area contributed by atoms with Crippen LogP contribution in [0.25, 0.3) is 0 Å². The predicted molar refractivity (Wildman–Crippen MR) is 109 cm³/mol. The fourth-order valence-corrected chi connectivity index (χ4v) is 4.48. The van der Waals surface area contributed by atoms with Crippen molar-refractivity contribution >= 4 is 30.5 Å². The molecule has 2 N–H and O–H groups in total. The Morgan fingerprint density at radius 3 is 2.83 bits per heavy atom. The van der Waals surface area contributed by atoms with Gasteiger partial charge in [-0.05, 0) is 21.0 Å². The van der Waals surface area contributed by atoms with Gasteiger partial charge < -0.3 is 20.1 Å². The first-order chi connectivity index (χ1) is 13.5. The second kappa shape index (κ2) is 10.2. The number of nitrogens with one attached hydrogen (secondary N) is 1. The van der Waals surface area contributed by atoms with Crippen LogP contribution in [-0.2, 0) is 27.9 Å². The first-order valence-corrected chi connectivity index (χ1v) is 11.5. The van der Waals surface area contributed by atoms with Gasteiger partial charge in [-0.2, -0.15) is 0 Å². The lowest BCUT2D eigenvalue weighted by Gasteiger charge is -2.32. The molecule has 12 heteroatoms. The number of aliphatic hydroxyl groups excluding tert-OH is 1. The lowest BCUT2D eigenvalue weighted by Crippen LogP contribution is -2.42. The van der Waals surface area contributed by atoms with Crippen LogP contribution in [0.3, 0.4) is 0 Å². The molecule has 2 rings (SSSR count). The molecule has 2 heterocycles. The van der Waals surface area contributed by atoms with E-state index in [1.807, 2.05) is 0 Å². The molecule has 0 aromatic rings. The van der Waals surface area contributed by atoms with Crippen LogP contribution in [0.5, 0.6) is 0 Å². The summed E-state index contributed by atoms with van der Waals surface area (Å²) >= 11 is 1.07. The Hall–Kier alpha value is -1.20. The molecule has 0 aliphatic carbocycles. The number of aliphatic hydroxyl groups is 1. The second-order valence-electron chi connectivity index (χ2n) is 6.84. The topological polar surface area (TPSA) is 118 Å². The van der Waals surface area contributed by atoms with Gasteiger partial charge in [-0.3, -0.25) is 18.6 Å². The molecule has 10 nitrogen and oxygen atoms in total. The minimum atomic E-state index is -3.59. The van der Waals surface area contributed by atoms with E-state index in [0.29, 0.717) is 17.1 Å². The maximum atomic E-state index is 12.9. The van der Waals surface area contributed by atoms with Gasteiger partial charge in [0.15, 0.2) is 5.12 Å². The SMILES string of the molecule is C=C1NC(=O)C(C)=CN1[C@@H]1CC(O)[C@H](COP(=O)(OCCSC(C)=O)N(C)C)O1. The van der Waals surface area contributed by atoms with Crippen LogP contribution in [-0.4, -0.2) is 77.2 Å². The summed E-state index contributed by atoms with van der Waals surface area (Å²) < 4.78 is 31.0. The Labute approximate surface area is 174 Å². The van der Waals surface area contributed by atoms with Crippen LogP contribution in [0.4, 0.5) is 0 Å². The summed E-state index contributed by atoms with van der Waals surface area (Å²) in [5.41, 5.74) is 0.490. The standard InChI is InChI=1S/C17H28N3O7PS/c1-11-9-20(12(2)18-17(11)23)16-8-14(22)15(27-16)10-26-28(24,19(4)5)25-6-7-29-13(3)21/h9,14-16,22H,2,6-8,10H2,1,3-5H3,(H,18,23)/t14?,15-,16-,28?/m0/s1. The molecule has 2 aliphatic heterocycles. The normalized spacial score (nSPS) is 27.0. The van der Waals surface area contributed by atoms with E-state index < -0.39 is 26.2 Å². The summed E-state index contributed by atoms with van der Waals surface area (Å²) in [6.07, 6.45) is -0.268. The molecule has 4 atom stereocenters. The van der Waals surface area contributed by atoms with E-state index in [-0.39, 0.29) is 30.7 Å². The highest BCUT2D eigenvalue weighted by Crippen LogP contribution is 2.50. The monoisotopic (exact) mass is 449 g/mol. The van der Waals surface area contributed by atoms with Gasteiger partial charge in [0.1, 0.15) is 18.2 Å². The fraction of sp³-hybridized carbons (Fsp3) is 0.647. The van der Waals surface area contributed by atoms with E-state index in [1.54, 1.807) is 32.1 Å². The highest BCUT2D eigenvalue weighted by atomic mass is 32.2. The molecule has 0 bridgehead atoms. The maximum Gasteiger partial charge on any atom is 0.407 e. The third-order valence-corrected chi connectivity index (χ3v) is 7.05. The van der Waals surface area contributed by atoms with Crippen molar-refractivity contribution in [1.82, 2.24) is 14.9 Å². The number of amides is 1. The van der Waals surface area contributed by atoms with Crippen LogP contribution < -0.4 is 5.32 Å². The van der Waals surface area contributed by atoms with Gasteiger partial charge >= 0.3 is 7.75 Å². The van der Waals surface area contributed by atoms with Gasteiger partial charge in [-0.25, -0.2) is 9.24 Å². The minimum absolute atomic E-state index is 0.0532. The molecule has 2 aliphatic rings. The Bertz CT molecular complexity index is 730. The van der Waals surface area contributed by atoms with Gasteiger partial charge in [0.2, 0.25) is 0 Å². The van der Waals surface area contributed by atoms with Crippen LogP contribution >= 0.6 is 19.5 Å². The molecule has 2 unspecified atom stereocenters. The smallest absolute Gasteiger partial charge is 0.390 e. The number of hydrogen-bond donors (Lipinski definition) is 2. The number of nitrogens with zero attached hydrogens (tertiary/aromatic N) is 2. The van der Waals surface area contributed by atoms with Gasteiger partial charge in [0.25, 0.3) is 5.91 Å². The average molecular weight is 449 g/mol. The van der Waals surface area contributed by atoms with Gasteiger partial charge in [0, 0.05) is 30.9 Å². The van der Waals surface area contributed by atoms with Crippen molar-refractivity contribution in [3.05, 3.63) is 24.2 Å². The summed E-state index contributed by atoms with van der Waals surface area (Å²) in [5.74, 6) is 0.469. The molecule has 0 radical (unpaired) electrons. The number of carbonyl (C=O) groups excluding carboxylic acids is 2. The summed E-state index contributed by atoms with van der Waals surface area (Å²) in [7, 11) is -0.481. The average Bonchev–Trinajstić information content (AvgIpc) is 3.00. The van der Waals surface area contributed by atoms with Crippen molar-refractivity contribution in [2.24, 2.45) is 0 Å². The third kappa shape index (κ3) is 6.39. The Morgan fingerprint density at radius 2 is 2.21 bits per heavy atom. The zero-order valence-electron chi connectivity index (χ0n) is 17.0. The van der Waals surface area contributed by atoms with Crippen LogP contribution in [0.1, 0.15) is 20.3 Å². The first-order valence-electron chi connectivity index (χ1n) is 9.04. The lowest BCUT2D eigenvalue weighted by molar-refractivity contribution is -0.118. The summed E-state index contributed by atoms with van der Waals surface area (Å²) in [4.78, 5) is 24.3. The van der Waals surface area contributed by atoms with Gasteiger partial charge in [-0.15, -0.1) is 0 Å². The maximum absolute atomic E-state index is 12.9. The fourth-order valence-electron chi connectivity index (χ4n) is 2.71. The van der Waals surface area contributed by atoms with Crippen molar-refractivity contribution in [2.75, 3.05) is 33.1 Å². The molecular weight excluding hydrogens is 421 g/mol. The summed E-state index contributed by atoms with van der Waals surface area (Å²) in [6.45, 7) is 6.83. The Morgan fingerprint density at radius 1 is 1.52 bits per heavy atom. The third-order valence-electron chi connectivity index (χ3n) is 4.31. The van der Waals surface area contributed by atoms with E-state index in [9.17, 15) is 19.3 Å². The van der Waals surface area contributed by atoms with E-state index in [0.717, 1.165) is 11.8 Å². The van der Waals surface area contributed by atoms with Crippen LogP contribution in [0, 0.1) is 0 Å². The predicted octanol–water partition coefficient (Wildman–Crippen LogP) is 1.25. The number of hydrogen-bond acceptors (Lipinski definition) is 9. The van der Waals surface area contributed by atoms with Crippen molar-refractivity contribution < 1.29 is 33.0 Å². The molecule has 1 fully saturated rings. The van der Waals surface area contributed by atoms with E-state index >= 15 is 0 Å². The highest BCUT2D eigenvalue weighted by molar-refractivity contribution is 8.13. The summed E-state index contributed by atoms with van der Waals surface area (Å²) in [5, 5.41) is 12.9. The molecule has 1 saturated heterocycles. The van der Waals surface area contributed by atoms with Gasteiger partial charge in [-0.1, -0.05) is 18.3 Å². The molecule has 1 amide bonds. The quantitative estimate of drug-likeness (QED) is 0.393. The number of ether oxygens (including phenoxy) is 1. The second-order valence-corrected chi connectivity index (χ2v) is 10.4. The minimum Gasteiger partial charge on any atom is -0.390 e. The number of rotatable bonds is 9. The van der Waals surface area contributed by atoms with Crippen molar-refractivity contribution in [2.45, 2.75) is 38.7 Å². The largest absolute Gasteiger partial charge is 0.407 e. The Balaban J connectivity index is 1.93. The zero-order chi connectivity index (χ0) is 21.8. The van der Waals surface area contributed by atoms with Crippen molar-refractivity contribution in [3.63, 3.8) is 0 Å². The molecular formula is C17H28N3O7PS. The van der Waals surface area contributed by atoms with Gasteiger partial charge in [0.05, 0.1) is 19.3 Å². The highest BCUT2D eigenvalue weighted by Gasteiger charge is 2.40.